The van der Waals surface area contributed by atoms with Gasteiger partial charge in [-0.15, -0.1) is 0 Å². The quantitative estimate of drug-likeness (QED) is 0.654. The summed E-state index contributed by atoms with van der Waals surface area (Å²) in [6, 6.07) is 8.47. The maximum atomic E-state index is 5.99. The first kappa shape index (κ1) is 15.5. The summed E-state index contributed by atoms with van der Waals surface area (Å²) >= 11 is 0. The smallest absolute Gasteiger partial charge is 0.0885 e. The van der Waals surface area contributed by atoms with Crippen LogP contribution in [0.25, 0.3) is 0 Å². The van der Waals surface area contributed by atoms with Gasteiger partial charge in [0.15, 0.2) is 0 Å². The molecule has 1 aliphatic carbocycles. The molecule has 1 unspecified atom stereocenters. The molecule has 1 aliphatic rings. The van der Waals surface area contributed by atoms with Gasteiger partial charge in [0.1, 0.15) is 0 Å². The molecule has 112 valence electrons. The third-order valence-electron chi connectivity index (χ3n) is 5.05. The molecule has 1 fully saturated rings. The molecule has 0 heterocycles. The van der Waals surface area contributed by atoms with Crippen molar-refractivity contribution in [2.75, 3.05) is 7.11 Å². The molecule has 1 aromatic rings. The third kappa shape index (κ3) is 2.90. The molecule has 1 saturated carbocycles. The van der Waals surface area contributed by atoms with E-state index in [-0.39, 0.29) is 11.6 Å². The zero-order valence-corrected chi connectivity index (χ0v) is 13.2. The Morgan fingerprint density at radius 1 is 1.15 bits per heavy atom. The van der Waals surface area contributed by atoms with Gasteiger partial charge in [0, 0.05) is 7.11 Å². The van der Waals surface area contributed by atoms with Crippen LogP contribution in [0.3, 0.4) is 0 Å². The summed E-state index contributed by atoms with van der Waals surface area (Å²) in [5, 5.41) is 0. The van der Waals surface area contributed by atoms with Gasteiger partial charge in [-0.2, -0.15) is 0 Å². The number of hydrogen-bond donors (Lipinski definition) is 2. The topological polar surface area (TPSA) is 47.3 Å². The van der Waals surface area contributed by atoms with Crippen molar-refractivity contribution in [3.05, 3.63) is 35.4 Å². The number of ether oxygens (including phenoxy) is 1. The van der Waals surface area contributed by atoms with E-state index in [0.717, 1.165) is 12.8 Å². The maximum Gasteiger partial charge on any atom is 0.0885 e. The van der Waals surface area contributed by atoms with Gasteiger partial charge in [0.2, 0.25) is 0 Å². The third-order valence-corrected chi connectivity index (χ3v) is 5.05. The molecule has 20 heavy (non-hydrogen) atoms. The lowest BCUT2D eigenvalue weighted by Crippen LogP contribution is -2.51. The number of methoxy groups -OCH3 is 1. The molecule has 3 N–H and O–H groups in total. The minimum atomic E-state index is -0.198. The van der Waals surface area contributed by atoms with Crippen LogP contribution in [0, 0.1) is 12.3 Å². The molecule has 1 aromatic carbocycles. The zero-order chi connectivity index (χ0) is 14.8. The molecule has 0 bridgehead atoms. The van der Waals surface area contributed by atoms with E-state index >= 15 is 0 Å². The first-order valence-electron chi connectivity index (χ1n) is 7.51. The number of hydrogen-bond acceptors (Lipinski definition) is 3. The predicted molar refractivity (Wildman–Crippen MR) is 83.2 cm³/mol. The largest absolute Gasteiger partial charge is 0.376 e. The van der Waals surface area contributed by atoms with Gasteiger partial charge in [-0.25, -0.2) is 0 Å². The Hall–Kier alpha value is -0.900. The molecule has 3 nitrogen and oxygen atoms in total. The average Bonchev–Trinajstić information content (AvgIpc) is 2.44. The molecule has 0 spiro atoms. The number of hydrazine groups is 1. The van der Waals surface area contributed by atoms with Gasteiger partial charge < -0.3 is 4.74 Å². The predicted octanol–water partition coefficient (Wildman–Crippen LogP) is 3.48. The lowest BCUT2D eigenvalue weighted by Gasteiger charge is -2.47. The van der Waals surface area contributed by atoms with Gasteiger partial charge >= 0.3 is 0 Å². The van der Waals surface area contributed by atoms with Crippen LogP contribution < -0.4 is 11.3 Å². The summed E-state index contributed by atoms with van der Waals surface area (Å²) in [6.07, 6.45) is 4.43. The van der Waals surface area contributed by atoms with Crippen LogP contribution in [-0.4, -0.2) is 12.7 Å². The summed E-state index contributed by atoms with van der Waals surface area (Å²) in [5.74, 6) is 5.90. The minimum Gasteiger partial charge on any atom is -0.376 e. The molecule has 0 amide bonds. The van der Waals surface area contributed by atoms with Crippen molar-refractivity contribution in [2.45, 2.75) is 58.1 Å². The van der Waals surface area contributed by atoms with Gasteiger partial charge in [-0.1, -0.05) is 38.1 Å². The molecule has 2 rings (SSSR count). The fraction of sp³-hybridized carbons (Fsp3) is 0.647. The number of benzene rings is 1. The highest BCUT2D eigenvalue weighted by Crippen LogP contribution is 2.47. The summed E-state index contributed by atoms with van der Waals surface area (Å²) in [6.45, 7) is 6.81. The van der Waals surface area contributed by atoms with Crippen molar-refractivity contribution in [1.82, 2.24) is 5.43 Å². The van der Waals surface area contributed by atoms with E-state index in [2.05, 4.69) is 50.5 Å². The van der Waals surface area contributed by atoms with Gasteiger partial charge in [-0.05, 0) is 49.1 Å². The van der Waals surface area contributed by atoms with Gasteiger partial charge in [0.25, 0.3) is 0 Å². The number of nitrogens with one attached hydrogen (secondary N) is 1. The molecule has 0 saturated heterocycles. The van der Waals surface area contributed by atoms with Crippen molar-refractivity contribution in [3.63, 3.8) is 0 Å². The highest BCUT2D eigenvalue weighted by Gasteiger charge is 2.44. The Kier molecular flexibility index (Phi) is 4.52. The second-order valence-corrected chi connectivity index (χ2v) is 6.89. The summed E-state index contributed by atoms with van der Waals surface area (Å²) in [5.41, 5.74) is 5.74. The first-order chi connectivity index (χ1) is 9.44. The summed E-state index contributed by atoms with van der Waals surface area (Å²) < 4.78 is 5.99. The van der Waals surface area contributed by atoms with Crippen LogP contribution in [0.5, 0.6) is 0 Å². The van der Waals surface area contributed by atoms with Crippen LogP contribution in [0.4, 0.5) is 0 Å². The van der Waals surface area contributed by atoms with E-state index in [1.165, 1.54) is 24.0 Å². The molecule has 3 heteroatoms. The molecule has 0 aromatic heterocycles. The highest BCUT2D eigenvalue weighted by atomic mass is 16.5. The minimum absolute atomic E-state index is 0.0461. The monoisotopic (exact) mass is 276 g/mol. The fourth-order valence-corrected chi connectivity index (χ4v) is 3.40. The van der Waals surface area contributed by atoms with E-state index in [4.69, 9.17) is 10.6 Å². The van der Waals surface area contributed by atoms with Crippen LogP contribution in [0.2, 0.25) is 0 Å². The van der Waals surface area contributed by atoms with Gasteiger partial charge in [0.05, 0.1) is 11.6 Å². The van der Waals surface area contributed by atoms with E-state index < -0.39 is 0 Å². The zero-order valence-electron chi connectivity index (χ0n) is 13.2. The van der Waals surface area contributed by atoms with Gasteiger partial charge in [-0.3, -0.25) is 11.3 Å². The standard InChI is InChI=1S/C17H28N2O/c1-13-7-5-6-8-14(13)15(19-18)17(20-4)11-9-16(2,3)10-12-17/h5-8,15,19H,9-12,18H2,1-4H3. The number of aryl methyl sites for hydroxylation is 1. The maximum absolute atomic E-state index is 5.99. The Morgan fingerprint density at radius 2 is 1.75 bits per heavy atom. The normalized spacial score (nSPS) is 22.4. The SMILES string of the molecule is COC1(C(NN)c2ccccc2C)CCC(C)(C)CC1. The fourth-order valence-electron chi connectivity index (χ4n) is 3.40. The summed E-state index contributed by atoms with van der Waals surface area (Å²) in [7, 11) is 1.82. The Balaban J connectivity index is 2.32. The number of nitrogens with two attached hydrogens (primary N) is 1. The first-order valence-corrected chi connectivity index (χ1v) is 7.51. The van der Waals surface area contributed by atoms with E-state index in [0.29, 0.717) is 5.41 Å². The molecule has 0 radical (unpaired) electrons. The average molecular weight is 276 g/mol. The highest BCUT2D eigenvalue weighted by molar-refractivity contribution is 5.31. The van der Waals surface area contributed by atoms with E-state index in [1.54, 1.807) is 0 Å². The van der Waals surface area contributed by atoms with Crippen LogP contribution in [0.1, 0.15) is 56.7 Å². The summed E-state index contributed by atoms with van der Waals surface area (Å²) in [4.78, 5) is 0. The van der Waals surface area contributed by atoms with Crippen molar-refractivity contribution in [2.24, 2.45) is 11.3 Å². The van der Waals surface area contributed by atoms with Crippen molar-refractivity contribution in [3.8, 4) is 0 Å². The molecule has 0 aliphatic heterocycles. The van der Waals surface area contributed by atoms with Crippen LogP contribution in [-0.2, 0) is 4.74 Å². The Morgan fingerprint density at radius 3 is 2.25 bits per heavy atom. The van der Waals surface area contributed by atoms with Crippen molar-refractivity contribution in [1.29, 1.82) is 0 Å². The number of rotatable bonds is 4. The lowest BCUT2D eigenvalue weighted by molar-refractivity contribution is -0.0878. The second-order valence-electron chi connectivity index (χ2n) is 6.89. The Bertz CT molecular complexity index is 446. The molecular formula is C17H28N2O. The Labute approximate surface area is 122 Å². The van der Waals surface area contributed by atoms with Crippen molar-refractivity contribution >= 4 is 0 Å². The van der Waals surface area contributed by atoms with Crippen LogP contribution >= 0.6 is 0 Å². The van der Waals surface area contributed by atoms with Crippen molar-refractivity contribution < 1.29 is 4.74 Å². The van der Waals surface area contributed by atoms with E-state index in [1.807, 2.05) is 7.11 Å². The molecule has 1 atom stereocenters. The van der Waals surface area contributed by atoms with E-state index in [9.17, 15) is 0 Å². The molecular weight excluding hydrogens is 248 g/mol. The lowest BCUT2D eigenvalue weighted by atomic mass is 9.67. The van der Waals surface area contributed by atoms with Crippen LogP contribution in [0.15, 0.2) is 24.3 Å². The second kappa shape index (κ2) is 5.84.